The molecule has 1 amide bonds. The second-order valence-corrected chi connectivity index (χ2v) is 7.74. The molecule has 3 aromatic rings. The average Bonchev–Trinajstić information content (AvgIpc) is 2.79. The Labute approximate surface area is 183 Å². The van der Waals surface area contributed by atoms with E-state index in [1.807, 2.05) is 0 Å². The van der Waals surface area contributed by atoms with Gasteiger partial charge in [-0.05, 0) is 54.7 Å². The van der Waals surface area contributed by atoms with Crippen molar-refractivity contribution in [1.82, 2.24) is 19.9 Å². The number of hydrogen-bond acceptors (Lipinski definition) is 5. The molecule has 0 saturated carbocycles. The summed E-state index contributed by atoms with van der Waals surface area (Å²) in [5.41, 5.74) is 7.18. The van der Waals surface area contributed by atoms with Crippen LogP contribution >= 0.6 is 0 Å². The van der Waals surface area contributed by atoms with Crippen molar-refractivity contribution in [3.63, 3.8) is 0 Å². The topological polar surface area (TPSA) is 85.0 Å². The minimum Gasteiger partial charge on any atom is -0.368 e. The van der Waals surface area contributed by atoms with Crippen molar-refractivity contribution in [3.05, 3.63) is 71.8 Å². The standard InChI is InChI=1S/C23H22F3N5O/c24-23(25,26)17-5-3-4-16(13-17)18-14-29-22(27)30-21(18)19-6-1-2-11-31(19)20(32)12-15-7-9-28-10-8-15/h3-5,7-10,13-14,19H,1-2,6,11-12H2,(H2,27,29,30). The molecule has 0 bridgehead atoms. The van der Waals surface area contributed by atoms with E-state index in [9.17, 15) is 18.0 Å². The number of nitrogens with zero attached hydrogens (tertiary/aromatic N) is 4. The highest BCUT2D eigenvalue weighted by Crippen LogP contribution is 2.38. The zero-order chi connectivity index (χ0) is 22.7. The molecule has 6 nitrogen and oxygen atoms in total. The van der Waals surface area contributed by atoms with E-state index in [4.69, 9.17) is 5.73 Å². The number of carbonyl (C=O) groups is 1. The highest BCUT2D eigenvalue weighted by atomic mass is 19.4. The molecule has 1 saturated heterocycles. The molecule has 166 valence electrons. The normalized spacial score (nSPS) is 16.7. The van der Waals surface area contributed by atoms with E-state index >= 15 is 0 Å². The van der Waals surface area contributed by atoms with Gasteiger partial charge in [0.25, 0.3) is 0 Å². The van der Waals surface area contributed by atoms with Crippen LogP contribution in [0.3, 0.4) is 0 Å². The fraction of sp³-hybridized carbons (Fsp3) is 0.304. The van der Waals surface area contributed by atoms with Crippen LogP contribution in [-0.4, -0.2) is 32.3 Å². The van der Waals surface area contributed by atoms with Crippen molar-refractivity contribution < 1.29 is 18.0 Å². The molecule has 3 heterocycles. The molecule has 1 fully saturated rings. The van der Waals surface area contributed by atoms with Crippen LogP contribution in [0.5, 0.6) is 0 Å². The molecular formula is C23H22F3N5O. The first-order valence-electron chi connectivity index (χ1n) is 10.3. The van der Waals surface area contributed by atoms with Crippen LogP contribution in [0.15, 0.2) is 55.0 Å². The third kappa shape index (κ3) is 4.71. The number of nitrogens with two attached hydrogens (primary N) is 1. The largest absolute Gasteiger partial charge is 0.416 e. The highest BCUT2D eigenvalue weighted by Gasteiger charge is 2.33. The van der Waals surface area contributed by atoms with E-state index in [1.54, 1.807) is 35.5 Å². The minimum atomic E-state index is -4.47. The molecule has 1 atom stereocenters. The van der Waals surface area contributed by atoms with Crippen molar-refractivity contribution in [2.24, 2.45) is 0 Å². The SMILES string of the molecule is Nc1ncc(-c2cccc(C(F)(F)F)c2)c(C2CCCCN2C(=O)Cc2ccncc2)n1. The first-order chi connectivity index (χ1) is 15.3. The monoisotopic (exact) mass is 441 g/mol. The first kappa shape index (κ1) is 21.7. The number of alkyl halides is 3. The van der Waals surface area contributed by atoms with E-state index in [0.717, 1.165) is 30.5 Å². The fourth-order valence-corrected chi connectivity index (χ4v) is 4.04. The van der Waals surface area contributed by atoms with E-state index in [-0.39, 0.29) is 18.3 Å². The number of halogens is 3. The summed E-state index contributed by atoms with van der Waals surface area (Å²) in [6.45, 7) is 0.542. The first-order valence-corrected chi connectivity index (χ1v) is 10.3. The van der Waals surface area contributed by atoms with E-state index in [1.165, 1.54) is 12.3 Å². The van der Waals surface area contributed by atoms with Gasteiger partial charge in [0.15, 0.2) is 0 Å². The second-order valence-electron chi connectivity index (χ2n) is 7.74. The van der Waals surface area contributed by atoms with Gasteiger partial charge in [-0.3, -0.25) is 9.78 Å². The number of piperidine rings is 1. The third-order valence-corrected chi connectivity index (χ3v) is 5.58. The van der Waals surface area contributed by atoms with Crippen LogP contribution in [0.1, 0.15) is 42.1 Å². The van der Waals surface area contributed by atoms with Crippen LogP contribution in [-0.2, 0) is 17.4 Å². The number of benzene rings is 1. The van der Waals surface area contributed by atoms with Gasteiger partial charge in [-0.1, -0.05) is 12.1 Å². The number of nitrogen functional groups attached to an aromatic ring is 1. The maximum atomic E-state index is 13.3. The molecular weight excluding hydrogens is 419 g/mol. The molecule has 1 aliphatic heterocycles. The van der Waals surface area contributed by atoms with Gasteiger partial charge >= 0.3 is 6.18 Å². The fourth-order valence-electron chi connectivity index (χ4n) is 4.04. The van der Waals surface area contributed by atoms with Gasteiger partial charge in [0, 0.05) is 30.7 Å². The van der Waals surface area contributed by atoms with Gasteiger partial charge in [0.1, 0.15) is 0 Å². The molecule has 1 unspecified atom stereocenters. The van der Waals surface area contributed by atoms with E-state index in [0.29, 0.717) is 29.8 Å². The Bertz CT molecular complexity index is 1100. The number of rotatable bonds is 4. The van der Waals surface area contributed by atoms with Crippen molar-refractivity contribution in [2.75, 3.05) is 12.3 Å². The molecule has 4 rings (SSSR count). The van der Waals surface area contributed by atoms with Crippen molar-refractivity contribution in [2.45, 2.75) is 37.9 Å². The lowest BCUT2D eigenvalue weighted by molar-refractivity contribution is -0.137. The highest BCUT2D eigenvalue weighted by molar-refractivity contribution is 5.80. The number of aromatic nitrogens is 3. The van der Waals surface area contributed by atoms with Crippen molar-refractivity contribution >= 4 is 11.9 Å². The predicted octanol–water partition coefficient (Wildman–Crippen LogP) is 4.44. The van der Waals surface area contributed by atoms with Gasteiger partial charge in [0.05, 0.1) is 23.7 Å². The third-order valence-electron chi connectivity index (χ3n) is 5.58. The zero-order valence-corrected chi connectivity index (χ0v) is 17.2. The molecule has 1 aliphatic rings. The molecule has 9 heteroatoms. The average molecular weight is 441 g/mol. The van der Waals surface area contributed by atoms with Crippen LogP contribution < -0.4 is 5.73 Å². The summed E-state index contributed by atoms with van der Waals surface area (Å²) in [4.78, 5) is 27.3. The molecule has 0 aliphatic carbocycles. The Kier molecular flexibility index (Phi) is 6.07. The Morgan fingerprint density at radius 3 is 2.69 bits per heavy atom. The Hall–Kier alpha value is -3.49. The zero-order valence-electron chi connectivity index (χ0n) is 17.2. The van der Waals surface area contributed by atoms with E-state index < -0.39 is 17.8 Å². The number of likely N-dealkylation sites (tertiary alicyclic amines) is 1. The van der Waals surface area contributed by atoms with Gasteiger partial charge in [-0.25, -0.2) is 9.97 Å². The lowest BCUT2D eigenvalue weighted by atomic mass is 9.92. The molecule has 1 aromatic carbocycles. The maximum Gasteiger partial charge on any atom is 0.416 e. The minimum absolute atomic E-state index is 0.0165. The van der Waals surface area contributed by atoms with Gasteiger partial charge in [-0.15, -0.1) is 0 Å². The second kappa shape index (κ2) is 8.94. The smallest absolute Gasteiger partial charge is 0.368 e. The lowest BCUT2D eigenvalue weighted by Crippen LogP contribution is -2.40. The molecule has 2 N–H and O–H groups in total. The summed E-state index contributed by atoms with van der Waals surface area (Å²) in [5, 5.41) is 0. The van der Waals surface area contributed by atoms with Crippen LogP contribution in [0, 0.1) is 0 Å². The van der Waals surface area contributed by atoms with Gasteiger partial charge < -0.3 is 10.6 Å². The van der Waals surface area contributed by atoms with E-state index in [2.05, 4.69) is 15.0 Å². The van der Waals surface area contributed by atoms with Gasteiger partial charge in [-0.2, -0.15) is 13.2 Å². The summed E-state index contributed by atoms with van der Waals surface area (Å²) >= 11 is 0. The van der Waals surface area contributed by atoms with Crippen LogP contribution in [0.2, 0.25) is 0 Å². The van der Waals surface area contributed by atoms with Crippen LogP contribution in [0.25, 0.3) is 11.1 Å². The predicted molar refractivity (Wildman–Crippen MR) is 113 cm³/mol. The Morgan fingerprint density at radius 2 is 1.94 bits per heavy atom. The number of pyridine rings is 1. The lowest BCUT2D eigenvalue weighted by Gasteiger charge is -2.36. The number of amides is 1. The molecule has 0 spiro atoms. The van der Waals surface area contributed by atoms with Crippen molar-refractivity contribution in [1.29, 1.82) is 0 Å². The summed E-state index contributed by atoms with van der Waals surface area (Å²) < 4.78 is 39.8. The summed E-state index contributed by atoms with van der Waals surface area (Å²) in [7, 11) is 0. The molecule has 2 aromatic heterocycles. The summed E-state index contributed by atoms with van der Waals surface area (Å²) in [6.07, 6.45) is 2.80. The number of carbonyl (C=O) groups excluding carboxylic acids is 1. The number of anilines is 1. The summed E-state index contributed by atoms with van der Waals surface area (Å²) in [5.74, 6) is -0.0593. The summed E-state index contributed by atoms with van der Waals surface area (Å²) in [6, 6.07) is 8.20. The van der Waals surface area contributed by atoms with Gasteiger partial charge in [0.2, 0.25) is 11.9 Å². The quantitative estimate of drug-likeness (QED) is 0.647. The molecule has 32 heavy (non-hydrogen) atoms. The number of hydrogen-bond donors (Lipinski definition) is 1. The maximum absolute atomic E-state index is 13.3. The Balaban J connectivity index is 1.72. The van der Waals surface area contributed by atoms with Crippen molar-refractivity contribution in [3.8, 4) is 11.1 Å². The van der Waals surface area contributed by atoms with Crippen LogP contribution in [0.4, 0.5) is 19.1 Å². The molecule has 0 radical (unpaired) electrons. The Morgan fingerprint density at radius 1 is 1.16 bits per heavy atom.